The van der Waals surface area contributed by atoms with E-state index in [1.807, 2.05) is 66.7 Å². The zero-order valence-corrected chi connectivity index (χ0v) is 25.5. The molecular formula is C36H35ClN4O4. The van der Waals surface area contributed by atoms with Crippen molar-refractivity contribution >= 4 is 28.3 Å². The molecule has 1 saturated heterocycles. The lowest BCUT2D eigenvalue weighted by molar-refractivity contribution is -0.0283. The maximum absolute atomic E-state index is 13.4. The SMILES string of the molecule is O=C(NCCN1CCC(OC(c2ccc(Cl)cc2)c2ccccn2)CC1)c1cc2ccccc2cc1OC(O)c1cccnc1. The van der Waals surface area contributed by atoms with E-state index in [9.17, 15) is 9.90 Å². The molecule has 3 aromatic carbocycles. The van der Waals surface area contributed by atoms with Crippen LogP contribution in [-0.4, -0.2) is 58.2 Å². The Morgan fingerprint density at radius 2 is 1.69 bits per heavy atom. The summed E-state index contributed by atoms with van der Waals surface area (Å²) in [4.78, 5) is 24.3. The smallest absolute Gasteiger partial charge is 0.255 e. The van der Waals surface area contributed by atoms with Crippen LogP contribution >= 0.6 is 11.6 Å². The Balaban J connectivity index is 1.05. The van der Waals surface area contributed by atoms with Gasteiger partial charge in [-0.25, -0.2) is 0 Å². The summed E-state index contributed by atoms with van der Waals surface area (Å²) >= 11 is 6.13. The second-order valence-corrected chi connectivity index (χ2v) is 11.5. The van der Waals surface area contributed by atoms with Gasteiger partial charge in [0.05, 0.1) is 17.4 Å². The summed E-state index contributed by atoms with van der Waals surface area (Å²) in [5.74, 6) is 0.0530. The highest BCUT2D eigenvalue weighted by Gasteiger charge is 2.26. The number of piperidine rings is 1. The zero-order valence-electron chi connectivity index (χ0n) is 24.8. The standard InChI is InChI=1S/C36H35ClN4O4/c37-29-12-10-25(11-13-29)34(32-9-3-4-17-39-32)44-30-14-19-41(20-15-30)21-18-40-35(42)31-22-26-6-1-2-7-27(26)23-33(31)45-36(43)28-8-5-16-38-24-28/h1-13,16-17,22-24,30,34,36,43H,14-15,18-21H2,(H,40,42). The van der Waals surface area contributed by atoms with E-state index in [4.69, 9.17) is 21.1 Å². The van der Waals surface area contributed by atoms with E-state index < -0.39 is 6.29 Å². The molecule has 0 aliphatic carbocycles. The van der Waals surface area contributed by atoms with Crippen LogP contribution in [0.4, 0.5) is 0 Å². The van der Waals surface area contributed by atoms with Gasteiger partial charge in [0.1, 0.15) is 11.9 Å². The normalized spacial score (nSPS) is 15.4. The first kappa shape index (κ1) is 30.7. The lowest BCUT2D eigenvalue weighted by Gasteiger charge is -2.34. The van der Waals surface area contributed by atoms with Gasteiger partial charge in [-0.2, -0.15) is 0 Å². The van der Waals surface area contributed by atoms with Crippen LogP contribution in [-0.2, 0) is 4.74 Å². The second kappa shape index (κ2) is 14.6. The number of aliphatic hydroxyl groups is 1. The number of carbonyl (C=O) groups is 1. The number of rotatable bonds is 11. The van der Waals surface area contributed by atoms with Crippen molar-refractivity contribution in [1.29, 1.82) is 0 Å². The van der Waals surface area contributed by atoms with Crippen LogP contribution in [0.5, 0.6) is 5.75 Å². The molecule has 1 amide bonds. The van der Waals surface area contributed by atoms with Crippen LogP contribution < -0.4 is 10.1 Å². The number of likely N-dealkylation sites (tertiary alicyclic amines) is 1. The first-order valence-electron chi connectivity index (χ1n) is 15.1. The molecule has 0 saturated carbocycles. The van der Waals surface area contributed by atoms with E-state index in [0.29, 0.717) is 35.0 Å². The number of nitrogens with one attached hydrogen (secondary N) is 1. The number of nitrogens with zero attached hydrogens (tertiary/aromatic N) is 3. The van der Waals surface area contributed by atoms with Crippen molar-refractivity contribution in [3.63, 3.8) is 0 Å². The van der Waals surface area contributed by atoms with Crippen molar-refractivity contribution < 1.29 is 19.4 Å². The zero-order chi connectivity index (χ0) is 31.0. The number of hydrogen-bond donors (Lipinski definition) is 2. The van der Waals surface area contributed by atoms with Crippen molar-refractivity contribution in [2.75, 3.05) is 26.2 Å². The summed E-state index contributed by atoms with van der Waals surface area (Å²) in [6.07, 6.45) is 5.26. The number of aliphatic hydroxyl groups excluding tert-OH is 1. The van der Waals surface area contributed by atoms with Crippen molar-refractivity contribution in [3.8, 4) is 5.75 Å². The number of carbonyl (C=O) groups excluding carboxylic acids is 1. The van der Waals surface area contributed by atoms with Crippen LogP contribution in [0.1, 0.15) is 52.4 Å². The van der Waals surface area contributed by atoms with Gasteiger partial charge in [-0.1, -0.05) is 54.1 Å². The van der Waals surface area contributed by atoms with Gasteiger partial charge in [0, 0.05) is 55.4 Å². The predicted octanol–water partition coefficient (Wildman–Crippen LogP) is 6.35. The summed E-state index contributed by atoms with van der Waals surface area (Å²) < 4.78 is 12.5. The van der Waals surface area contributed by atoms with Gasteiger partial charge in [-0.3, -0.25) is 14.8 Å². The molecule has 2 aromatic heterocycles. The van der Waals surface area contributed by atoms with Crippen molar-refractivity contribution in [3.05, 3.63) is 137 Å². The molecule has 2 unspecified atom stereocenters. The average Bonchev–Trinajstić information content (AvgIpc) is 3.08. The Bertz CT molecular complexity index is 1700. The number of aromatic nitrogens is 2. The molecule has 0 bridgehead atoms. The number of benzene rings is 3. The van der Waals surface area contributed by atoms with Gasteiger partial charge in [-0.05, 0) is 77.7 Å². The first-order chi connectivity index (χ1) is 22.0. The van der Waals surface area contributed by atoms with Gasteiger partial charge < -0.3 is 24.8 Å². The highest BCUT2D eigenvalue weighted by Crippen LogP contribution is 2.31. The minimum absolute atomic E-state index is 0.0853. The number of fused-ring (bicyclic) bond motifs is 1. The van der Waals surface area contributed by atoms with Crippen molar-refractivity contribution in [2.24, 2.45) is 0 Å². The molecule has 2 atom stereocenters. The van der Waals surface area contributed by atoms with Gasteiger partial charge >= 0.3 is 0 Å². The van der Waals surface area contributed by atoms with Crippen LogP contribution in [0.15, 0.2) is 110 Å². The third kappa shape index (κ3) is 7.85. The molecule has 230 valence electrons. The Morgan fingerprint density at radius 3 is 2.40 bits per heavy atom. The Hall–Kier alpha value is -4.34. The average molecular weight is 623 g/mol. The lowest BCUT2D eigenvalue weighted by atomic mass is 10.0. The van der Waals surface area contributed by atoms with Gasteiger partial charge in [0.15, 0.2) is 0 Å². The quantitative estimate of drug-likeness (QED) is 0.166. The molecule has 2 N–H and O–H groups in total. The number of halogens is 1. The van der Waals surface area contributed by atoms with E-state index in [1.54, 1.807) is 36.7 Å². The summed E-state index contributed by atoms with van der Waals surface area (Å²) in [6, 6.07) is 28.4. The van der Waals surface area contributed by atoms with E-state index in [0.717, 1.165) is 48.0 Å². The number of amides is 1. The van der Waals surface area contributed by atoms with Crippen LogP contribution in [0.2, 0.25) is 5.02 Å². The molecule has 5 aromatic rings. The molecule has 8 nitrogen and oxygen atoms in total. The molecule has 1 fully saturated rings. The monoisotopic (exact) mass is 622 g/mol. The topological polar surface area (TPSA) is 96.8 Å². The van der Waals surface area contributed by atoms with Gasteiger partial charge in [-0.15, -0.1) is 0 Å². The first-order valence-corrected chi connectivity index (χ1v) is 15.5. The Labute approximate surface area is 267 Å². The summed E-state index contributed by atoms with van der Waals surface area (Å²) in [6.45, 7) is 2.90. The Morgan fingerprint density at radius 1 is 0.933 bits per heavy atom. The molecule has 3 heterocycles. The van der Waals surface area contributed by atoms with Gasteiger partial charge in [0.25, 0.3) is 5.91 Å². The summed E-state index contributed by atoms with van der Waals surface area (Å²) in [5.41, 5.74) is 2.76. The fraction of sp³-hybridized carbons (Fsp3) is 0.250. The third-order valence-electron chi connectivity index (χ3n) is 8.01. The molecule has 9 heteroatoms. The minimum atomic E-state index is -1.26. The number of hydrogen-bond acceptors (Lipinski definition) is 7. The van der Waals surface area contributed by atoms with Gasteiger partial charge in [0.2, 0.25) is 6.29 Å². The minimum Gasteiger partial charge on any atom is -0.460 e. The number of ether oxygens (including phenoxy) is 2. The largest absolute Gasteiger partial charge is 0.460 e. The molecule has 1 aliphatic heterocycles. The molecule has 6 rings (SSSR count). The maximum Gasteiger partial charge on any atom is 0.255 e. The fourth-order valence-electron chi connectivity index (χ4n) is 5.58. The summed E-state index contributed by atoms with van der Waals surface area (Å²) in [5, 5.41) is 16.3. The van der Waals surface area contributed by atoms with Crippen LogP contribution in [0, 0.1) is 0 Å². The van der Waals surface area contributed by atoms with E-state index >= 15 is 0 Å². The second-order valence-electron chi connectivity index (χ2n) is 11.1. The summed E-state index contributed by atoms with van der Waals surface area (Å²) in [7, 11) is 0. The van der Waals surface area contributed by atoms with E-state index in [1.165, 1.54) is 6.20 Å². The van der Waals surface area contributed by atoms with Crippen LogP contribution in [0.3, 0.4) is 0 Å². The number of pyridine rings is 2. The van der Waals surface area contributed by atoms with Crippen molar-refractivity contribution in [2.45, 2.75) is 31.3 Å². The third-order valence-corrected chi connectivity index (χ3v) is 8.26. The highest BCUT2D eigenvalue weighted by molar-refractivity contribution is 6.30. The van der Waals surface area contributed by atoms with E-state index in [2.05, 4.69) is 20.2 Å². The molecular weight excluding hydrogens is 588 g/mol. The van der Waals surface area contributed by atoms with E-state index in [-0.39, 0.29) is 18.1 Å². The highest BCUT2D eigenvalue weighted by atomic mass is 35.5. The molecule has 1 aliphatic rings. The fourth-order valence-corrected chi connectivity index (χ4v) is 5.70. The predicted molar refractivity (Wildman–Crippen MR) is 174 cm³/mol. The molecule has 0 radical (unpaired) electrons. The molecule has 0 spiro atoms. The Kier molecular flexibility index (Phi) is 9.97. The van der Waals surface area contributed by atoms with Crippen LogP contribution in [0.25, 0.3) is 10.8 Å². The molecule has 45 heavy (non-hydrogen) atoms. The maximum atomic E-state index is 13.4. The lowest BCUT2D eigenvalue weighted by Crippen LogP contribution is -2.41. The van der Waals surface area contributed by atoms with Crippen molar-refractivity contribution in [1.82, 2.24) is 20.2 Å².